The van der Waals surface area contributed by atoms with Crippen molar-refractivity contribution in [3.05, 3.63) is 48.5 Å². The molecule has 0 aliphatic rings. The number of nitrogens with one attached hydrogen (secondary N) is 1. The van der Waals surface area contributed by atoms with Crippen molar-refractivity contribution in [3.8, 4) is 12.3 Å². The molecule has 108 valence electrons. The first kappa shape index (κ1) is 15.2. The van der Waals surface area contributed by atoms with Gasteiger partial charge in [-0.1, -0.05) is 5.92 Å². The van der Waals surface area contributed by atoms with Gasteiger partial charge in [0.25, 0.3) is 0 Å². The number of imidazole rings is 1. The molecule has 4 nitrogen and oxygen atoms in total. The minimum Gasteiger partial charge on any atom is -0.337 e. The SMILES string of the molecule is C#Cc1ccc(NC(=O)CSCCCn2ccnc2)cc1. The Bertz CT molecular complexity index is 599. The van der Waals surface area contributed by atoms with E-state index in [0.717, 1.165) is 30.0 Å². The molecule has 0 aliphatic carbocycles. The molecule has 0 atom stereocenters. The fourth-order valence-corrected chi connectivity index (χ4v) is 2.52. The van der Waals surface area contributed by atoms with Gasteiger partial charge in [-0.25, -0.2) is 4.98 Å². The molecule has 0 unspecified atom stereocenters. The Morgan fingerprint density at radius 1 is 1.38 bits per heavy atom. The molecule has 2 rings (SSSR count). The van der Waals surface area contributed by atoms with Crippen LogP contribution in [0.1, 0.15) is 12.0 Å². The summed E-state index contributed by atoms with van der Waals surface area (Å²) in [5, 5.41) is 2.85. The van der Waals surface area contributed by atoms with E-state index in [1.807, 2.05) is 35.0 Å². The summed E-state index contributed by atoms with van der Waals surface area (Å²) in [4.78, 5) is 15.8. The molecule has 0 bridgehead atoms. The second-order valence-electron chi connectivity index (χ2n) is 4.48. The average Bonchev–Trinajstić information content (AvgIpc) is 3.01. The van der Waals surface area contributed by atoms with Crippen LogP contribution in [0.3, 0.4) is 0 Å². The largest absolute Gasteiger partial charge is 0.337 e. The summed E-state index contributed by atoms with van der Waals surface area (Å²) in [6.45, 7) is 0.933. The van der Waals surface area contributed by atoms with Gasteiger partial charge in [-0.05, 0) is 36.4 Å². The topological polar surface area (TPSA) is 46.9 Å². The van der Waals surface area contributed by atoms with Crippen molar-refractivity contribution in [1.82, 2.24) is 9.55 Å². The maximum absolute atomic E-state index is 11.8. The van der Waals surface area contributed by atoms with Crippen LogP contribution in [-0.4, -0.2) is 27.0 Å². The van der Waals surface area contributed by atoms with Gasteiger partial charge in [0.05, 0.1) is 12.1 Å². The first-order chi connectivity index (χ1) is 10.3. The third-order valence-corrected chi connectivity index (χ3v) is 3.88. The number of anilines is 1. The van der Waals surface area contributed by atoms with Crippen LogP contribution < -0.4 is 5.32 Å². The molecule has 0 fully saturated rings. The lowest BCUT2D eigenvalue weighted by molar-refractivity contribution is -0.113. The lowest BCUT2D eigenvalue weighted by atomic mass is 10.2. The van der Waals surface area contributed by atoms with Crippen molar-refractivity contribution in [2.24, 2.45) is 0 Å². The number of aryl methyl sites for hydroxylation is 1. The molecule has 1 N–H and O–H groups in total. The number of hydrogen-bond acceptors (Lipinski definition) is 3. The van der Waals surface area contributed by atoms with Crippen LogP contribution in [0.2, 0.25) is 0 Å². The van der Waals surface area contributed by atoms with E-state index >= 15 is 0 Å². The van der Waals surface area contributed by atoms with Crippen LogP contribution in [0.25, 0.3) is 0 Å². The first-order valence-electron chi connectivity index (χ1n) is 6.68. The summed E-state index contributed by atoms with van der Waals surface area (Å²) in [6.07, 6.45) is 11.8. The van der Waals surface area contributed by atoms with Crippen LogP contribution in [0, 0.1) is 12.3 Å². The molecule has 0 saturated carbocycles. The highest BCUT2D eigenvalue weighted by molar-refractivity contribution is 7.99. The molecule has 1 amide bonds. The number of carbonyl (C=O) groups is 1. The van der Waals surface area contributed by atoms with E-state index in [1.54, 1.807) is 24.3 Å². The van der Waals surface area contributed by atoms with Gasteiger partial charge in [0.1, 0.15) is 0 Å². The molecule has 0 saturated heterocycles. The summed E-state index contributed by atoms with van der Waals surface area (Å²) in [5.41, 5.74) is 1.58. The summed E-state index contributed by atoms with van der Waals surface area (Å²) in [7, 11) is 0. The predicted molar refractivity (Wildman–Crippen MR) is 87.2 cm³/mol. The van der Waals surface area contributed by atoms with Crippen molar-refractivity contribution in [1.29, 1.82) is 0 Å². The summed E-state index contributed by atoms with van der Waals surface area (Å²) in [6, 6.07) is 7.26. The molecule has 2 aromatic rings. The second-order valence-corrected chi connectivity index (χ2v) is 5.58. The molecular formula is C16H17N3OS. The van der Waals surface area contributed by atoms with Crippen molar-refractivity contribution in [2.75, 3.05) is 16.8 Å². The fraction of sp³-hybridized carbons (Fsp3) is 0.250. The van der Waals surface area contributed by atoms with Gasteiger partial charge in [-0.15, -0.1) is 6.42 Å². The summed E-state index contributed by atoms with van der Waals surface area (Å²) in [5.74, 6) is 3.96. The van der Waals surface area contributed by atoms with Gasteiger partial charge >= 0.3 is 0 Å². The molecule has 0 aliphatic heterocycles. The van der Waals surface area contributed by atoms with Crippen LogP contribution in [0.5, 0.6) is 0 Å². The number of nitrogens with zero attached hydrogens (tertiary/aromatic N) is 2. The zero-order chi connectivity index (χ0) is 14.9. The number of terminal acetylenes is 1. The minimum atomic E-state index is 0.0103. The van der Waals surface area contributed by atoms with Gasteiger partial charge in [-0.2, -0.15) is 11.8 Å². The summed E-state index contributed by atoms with van der Waals surface area (Å²) < 4.78 is 2.04. The third-order valence-electron chi connectivity index (χ3n) is 2.83. The predicted octanol–water partition coefficient (Wildman–Crippen LogP) is 2.63. The van der Waals surface area contributed by atoms with E-state index in [2.05, 4.69) is 16.2 Å². The number of amides is 1. The number of thioether (sulfide) groups is 1. The normalized spacial score (nSPS) is 10.0. The minimum absolute atomic E-state index is 0.0103. The van der Waals surface area contributed by atoms with Crippen molar-refractivity contribution in [3.63, 3.8) is 0 Å². The maximum atomic E-state index is 11.8. The van der Waals surface area contributed by atoms with E-state index in [9.17, 15) is 4.79 Å². The zero-order valence-corrected chi connectivity index (χ0v) is 12.5. The maximum Gasteiger partial charge on any atom is 0.234 e. The fourth-order valence-electron chi connectivity index (χ4n) is 1.78. The van der Waals surface area contributed by atoms with E-state index in [0.29, 0.717) is 5.75 Å². The highest BCUT2D eigenvalue weighted by Crippen LogP contribution is 2.10. The Hall–Kier alpha value is -2.19. The number of carbonyl (C=O) groups excluding carboxylic acids is 1. The van der Waals surface area contributed by atoms with E-state index in [1.165, 1.54) is 0 Å². The molecular weight excluding hydrogens is 282 g/mol. The molecule has 0 spiro atoms. The van der Waals surface area contributed by atoms with Gasteiger partial charge in [-0.3, -0.25) is 4.79 Å². The Kier molecular flexibility index (Phi) is 5.92. The monoisotopic (exact) mass is 299 g/mol. The lowest BCUT2D eigenvalue weighted by Crippen LogP contribution is -2.14. The van der Waals surface area contributed by atoms with Crippen molar-refractivity contribution in [2.45, 2.75) is 13.0 Å². The average molecular weight is 299 g/mol. The first-order valence-corrected chi connectivity index (χ1v) is 7.83. The van der Waals surface area contributed by atoms with E-state index in [-0.39, 0.29) is 5.91 Å². The third kappa shape index (κ3) is 5.36. The van der Waals surface area contributed by atoms with Crippen LogP contribution in [0.15, 0.2) is 43.0 Å². The standard InChI is InChI=1S/C16H17N3OS/c1-2-14-4-6-15(7-5-14)18-16(20)12-21-11-3-9-19-10-8-17-13-19/h1,4-8,10,13H,3,9,11-12H2,(H,18,20). The molecule has 1 aromatic carbocycles. The van der Waals surface area contributed by atoms with E-state index in [4.69, 9.17) is 6.42 Å². The van der Waals surface area contributed by atoms with Crippen molar-refractivity contribution >= 4 is 23.4 Å². The zero-order valence-electron chi connectivity index (χ0n) is 11.7. The quantitative estimate of drug-likeness (QED) is 0.631. The van der Waals surface area contributed by atoms with Gasteiger partial charge in [0.15, 0.2) is 0 Å². The molecule has 1 heterocycles. The highest BCUT2D eigenvalue weighted by Gasteiger charge is 2.02. The van der Waals surface area contributed by atoms with Gasteiger partial charge < -0.3 is 9.88 Å². The molecule has 1 aromatic heterocycles. The number of hydrogen-bond donors (Lipinski definition) is 1. The molecule has 5 heteroatoms. The number of aromatic nitrogens is 2. The Morgan fingerprint density at radius 3 is 2.86 bits per heavy atom. The van der Waals surface area contributed by atoms with Crippen LogP contribution in [-0.2, 0) is 11.3 Å². The smallest absolute Gasteiger partial charge is 0.234 e. The van der Waals surface area contributed by atoms with Gasteiger partial charge in [0.2, 0.25) is 5.91 Å². The Morgan fingerprint density at radius 2 is 2.19 bits per heavy atom. The summed E-state index contributed by atoms with van der Waals surface area (Å²) >= 11 is 1.63. The lowest BCUT2D eigenvalue weighted by Gasteiger charge is -2.05. The molecule has 21 heavy (non-hydrogen) atoms. The van der Waals surface area contributed by atoms with E-state index < -0.39 is 0 Å². The van der Waals surface area contributed by atoms with Gasteiger partial charge in [0, 0.05) is 30.2 Å². The second kappa shape index (κ2) is 8.18. The Balaban J connectivity index is 1.62. The Labute approximate surface area is 129 Å². The van der Waals surface area contributed by atoms with Crippen LogP contribution in [0.4, 0.5) is 5.69 Å². The van der Waals surface area contributed by atoms with Crippen molar-refractivity contribution < 1.29 is 4.79 Å². The number of rotatable bonds is 7. The number of benzene rings is 1. The van der Waals surface area contributed by atoms with Crippen LogP contribution >= 0.6 is 11.8 Å². The highest BCUT2D eigenvalue weighted by atomic mass is 32.2. The molecule has 0 radical (unpaired) electrons.